The Hall–Kier alpha value is 0.430. The minimum Gasteiger partial charge on any atom is -0.370 e. The summed E-state index contributed by atoms with van der Waals surface area (Å²) in [5, 5.41) is 0. The molecule has 0 heterocycles. The molecule has 4 heteroatoms. The number of hydrogen-bond donors (Lipinski definition) is 1. The van der Waals surface area contributed by atoms with Crippen molar-refractivity contribution in [2.45, 2.75) is 16.6 Å². The molecular weight excluding hydrogens is 238 g/mol. The fraction of sp³-hybridized carbons (Fsp3) is 0.750. The normalized spacial score (nSPS) is 9.88. The SMILES string of the molecule is NC(=O)CCC(Br)Br. The summed E-state index contributed by atoms with van der Waals surface area (Å²) in [4.78, 5) is 10.1. The fourth-order valence-electron chi connectivity index (χ4n) is 0.251. The molecule has 0 spiro atoms. The van der Waals surface area contributed by atoms with Crippen molar-refractivity contribution < 1.29 is 4.79 Å². The van der Waals surface area contributed by atoms with E-state index in [1.807, 2.05) is 0 Å². The van der Waals surface area contributed by atoms with E-state index < -0.39 is 0 Å². The van der Waals surface area contributed by atoms with Gasteiger partial charge in [-0.3, -0.25) is 4.79 Å². The van der Waals surface area contributed by atoms with E-state index in [9.17, 15) is 4.79 Å². The Morgan fingerprint density at radius 1 is 1.62 bits per heavy atom. The topological polar surface area (TPSA) is 43.1 Å². The van der Waals surface area contributed by atoms with Crippen molar-refractivity contribution in [2.24, 2.45) is 5.73 Å². The predicted molar refractivity (Wildman–Crippen MR) is 40.1 cm³/mol. The predicted octanol–water partition coefficient (Wildman–Crippen LogP) is 1.37. The van der Waals surface area contributed by atoms with Crippen molar-refractivity contribution >= 4 is 37.8 Å². The average Bonchev–Trinajstić information content (AvgIpc) is 1.61. The minimum atomic E-state index is -0.256. The number of alkyl halides is 2. The number of carbonyl (C=O) groups excluding carboxylic acids is 1. The molecule has 2 nitrogen and oxygen atoms in total. The van der Waals surface area contributed by atoms with Gasteiger partial charge in [-0.05, 0) is 6.42 Å². The molecule has 0 bridgehead atoms. The summed E-state index contributed by atoms with van der Waals surface area (Å²) < 4.78 is 0.211. The van der Waals surface area contributed by atoms with Crippen molar-refractivity contribution in [3.63, 3.8) is 0 Å². The second kappa shape index (κ2) is 4.32. The van der Waals surface area contributed by atoms with E-state index in [0.29, 0.717) is 6.42 Å². The van der Waals surface area contributed by atoms with Crippen LogP contribution in [-0.4, -0.2) is 9.64 Å². The van der Waals surface area contributed by atoms with Gasteiger partial charge in [0, 0.05) is 6.42 Å². The first-order valence-electron chi connectivity index (χ1n) is 2.19. The van der Waals surface area contributed by atoms with Gasteiger partial charge in [-0.15, -0.1) is 0 Å². The van der Waals surface area contributed by atoms with Gasteiger partial charge in [0.05, 0.1) is 3.74 Å². The quantitative estimate of drug-likeness (QED) is 0.749. The van der Waals surface area contributed by atoms with Crippen LogP contribution >= 0.6 is 31.9 Å². The lowest BCUT2D eigenvalue weighted by molar-refractivity contribution is -0.118. The number of rotatable bonds is 3. The molecule has 1 amide bonds. The highest BCUT2D eigenvalue weighted by Crippen LogP contribution is 2.13. The third-order valence-electron chi connectivity index (χ3n) is 0.609. The Balaban J connectivity index is 3.05. The van der Waals surface area contributed by atoms with Crippen LogP contribution in [0, 0.1) is 0 Å². The number of amides is 1. The molecule has 0 fully saturated rings. The lowest BCUT2D eigenvalue weighted by Gasteiger charge is -1.94. The Morgan fingerprint density at radius 2 is 2.12 bits per heavy atom. The highest BCUT2D eigenvalue weighted by molar-refractivity contribution is 9.24. The molecule has 0 aliphatic carbocycles. The van der Waals surface area contributed by atoms with E-state index in [2.05, 4.69) is 31.9 Å². The number of halogens is 2. The number of nitrogens with two attached hydrogens (primary N) is 1. The van der Waals surface area contributed by atoms with E-state index >= 15 is 0 Å². The lowest BCUT2D eigenvalue weighted by Crippen LogP contribution is -2.10. The highest BCUT2D eigenvalue weighted by atomic mass is 79.9. The third kappa shape index (κ3) is 6.43. The molecular formula is C4H7Br2NO. The summed E-state index contributed by atoms with van der Waals surface area (Å²) >= 11 is 6.42. The van der Waals surface area contributed by atoms with Gasteiger partial charge in [-0.1, -0.05) is 31.9 Å². The Bertz CT molecular complexity index is 84.1. The maximum absolute atomic E-state index is 10.1. The monoisotopic (exact) mass is 243 g/mol. The smallest absolute Gasteiger partial charge is 0.217 e. The zero-order valence-corrected chi connectivity index (χ0v) is 7.41. The van der Waals surface area contributed by atoms with Gasteiger partial charge < -0.3 is 5.73 Å². The van der Waals surface area contributed by atoms with Crippen molar-refractivity contribution in [3.05, 3.63) is 0 Å². The van der Waals surface area contributed by atoms with Gasteiger partial charge in [0.1, 0.15) is 0 Å². The molecule has 0 saturated heterocycles. The van der Waals surface area contributed by atoms with Crippen LogP contribution in [0.25, 0.3) is 0 Å². The van der Waals surface area contributed by atoms with E-state index in [1.165, 1.54) is 0 Å². The lowest BCUT2D eigenvalue weighted by atomic mass is 10.3. The maximum Gasteiger partial charge on any atom is 0.217 e. The van der Waals surface area contributed by atoms with Crippen LogP contribution in [0.3, 0.4) is 0 Å². The highest BCUT2D eigenvalue weighted by Gasteiger charge is 1.99. The molecule has 0 atom stereocenters. The zero-order valence-electron chi connectivity index (χ0n) is 4.23. The first-order valence-corrected chi connectivity index (χ1v) is 4.02. The average molecular weight is 245 g/mol. The van der Waals surface area contributed by atoms with Gasteiger partial charge in [0.15, 0.2) is 0 Å². The molecule has 0 aromatic heterocycles. The van der Waals surface area contributed by atoms with E-state index in [0.717, 1.165) is 6.42 Å². The molecule has 0 saturated carbocycles. The Kier molecular flexibility index (Phi) is 4.56. The second-order valence-electron chi connectivity index (χ2n) is 1.40. The summed E-state index contributed by atoms with van der Waals surface area (Å²) in [6, 6.07) is 0. The van der Waals surface area contributed by atoms with Crippen molar-refractivity contribution in [1.82, 2.24) is 0 Å². The number of carbonyl (C=O) groups is 1. The van der Waals surface area contributed by atoms with Crippen LogP contribution in [0.15, 0.2) is 0 Å². The molecule has 0 rings (SSSR count). The molecule has 8 heavy (non-hydrogen) atoms. The summed E-state index contributed by atoms with van der Waals surface area (Å²) in [5.74, 6) is -0.256. The van der Waals surface area contributed by atoms with Crippen molar-refractivity contribution in [3.8, 4) is 0 Å². The first-order chi connectivity index (χ1) is 3.63. The van der Waals surface area contributed by atoms with Crippen LogP contribution in [-0.2, 0) is 4.79 Å². The molecule has 0 radical (unpaired) electrons. The zero-order chi connectivity index (χ0) is 6.57. The van der Waals surface area contributed by atoms with Gasteiger partial charge in [-0.25, -0.2) is 0 Å². The largest absolute Gasteiger partial charge is 0.370 e. The number of primary amides is 1. The molecule has 0 aliphatic rings. The minimum absolute atomic E-state index is 0.211. The van der Waals surface area contributed by atoms with Gasteiger partial charge in [-0.2, -0.15) is 0 Å². The Morgan fingerprint density at radius 3 is 2.25 bits per heavy atom. The molecule has 0 aromatic carbocycles. The summed E-state index contributed by atoms with van der Waals surface area (Å²) in [5.41, 5.74) is 4.86. The molecule has 0 unspecified atom stereocenters. The molecule has 0 aromatic rings. The van der Waals surface area contributed by atoms with Gasteiger partial charge >= 0.3 is 0 Å². The summed E-state index contributed by atoms with van der Waals surface area (Å²) in [6.07, 6.45) is 1.18. The summed E-state index contributed by atoms with van der Waals surface area (Å²) in [7, 11) is 0. The van der Waals surface area contributed by atoms with E-state index in [-0.39, 0.29) is 9.64 Å². The van der Waals surface area contributed by atoms with Crippen molar-refractivity contribution in [1.29, 1.82) is 0 Å². The van der Waals surface area contributed by atoms with E-state index in [4.69, 9.17) is 5.73 Å². The van der Waals surface area contributed by atoms with Crippen LogP contribution in [0.5, 0.6) is 0 Å². The second-order valence-corrected chi connectivity index (χ2v) is 4.84. The molecule has 48 valence electrons. The van der Waals surface area contributed by atoms with Crippen molar-refractivity contribution in [2.75, 3.05) is 0 Å². The van der Waals surface area contributed by atoms with Crippen LogP contribution in [0.1, 0.15) is 12.8 Å². The van der Waals surface area contributed by atoms with E-state index in [1.54, 1.807) is 0 Å². The fourth-order valence-corrected chi connectivity index (χ4v) is 0.709. The van der Waals surface area contributed by atoms with Gasteiger partial charge in [0.25, 0.3) is 0 Å². The maximum atomic E-state index is 10.1. The standard InChI is InChI=1S/C4H7Br2NO/c5-3(6)1-2-4(7)8/h3H,1-2H2,(H2,7,8). The Labute approximate surface area is 65.1 Å². The molecule has 2 N–H and O–H groups in total. The van der Waals surface area contributed by atoms with Crippen LogP contribution < -0.4 is 5.73 Å². The number of hydrogen-bond acceptors (Lipinski definition) is 1. The summed E-state index contributed by atoms with van der Waals surface area (Å²) in [6.45, 7) is 0. The molecule has 0 aliphatic heterocycles. The van der Waals surface area contributed by atoms with Gasteiger partial charge in [0.2, 0.25) is 5.91 Å². The van der Waals surface area contributed by atoms with Crippen LogP contribution in [0.2, 0.25) is 0 Å². The first kappa shape index (κ1) is 8.43. The third-order valence-corrected chi connectivity index (χ3v) is 1.52. The van der Waals surface area contributed by atoms with Crippen LogP contribution in [0.4, 0.5) is 0 Å².